The average molecular weight is 384 g/mol. The van der Waals surface area contributed by atoms with Gasteiger partial charge in [0.05, 0.1) is 5.69 Å². The van der Waals surface area contributed by atoms with Crippen molar-refractivity contribution in [3.63, 3.8) is 0 Å². The van der Waals surface area contributed by atoms with Gasteiger partial charge in [-0.25, -0.2) is 4.98 Å². The summed E-state index contributed by atoms with van der Waals surface area (Å²) in [7, 11) is 0. The molecule has 0 spiro atoms. The fraction of sp³-hybridized carbons (Fsp3) is 0.826. The van der Waals surface area contributed by atoms with Gasteiger partial charge in [0.25, 0.3) is 0 Å². The highest BCUT2D eigenvalue weighted by Gasteiger charge is 2.29. The lowest BCUT2D eigenvalue weighted by molar-refractivity contribution is 0.186. The van der Waals surface area contributed by atoms with Crippen LogP contribution in [0, 0.1) is 5.92 Å². The first-order valence-electron chi connectivity index (χ1n) is 12.0. The minimum Gasteiger partial charge on any atom is -0.356 e. The molecule has 3 fully saturated rings. The Morgan fingerprint density at radius 3 is 2.18 bits per heavy atom. The van der Waals surface area contributed by atoms with Crippen molar-refractivity contribution in [2.45, 2.75) is 77.2 Å². The van der Waals surface area contributed by atoms with Crippen LogP contribution in [0.4, 0.5) is 11.8 Å². The lowest BCUT2D eigenvalue weighted by Crippen LogP contribution is -2.38. The van der Waals surface area contributed by atoms with Gasteiger partial charge in [0.1, 0.15) is 5.82 Å². The number of anilines is 2. The van der Waals surface area contributed by atoms with E-state index >= 15 is 0 Å². The molecule has 1 aromatic rings. The molecule has 0 aromatic carbocycles. The zero-order valence-corrected chi connectivity index (χ0v) is 17.5. The van der Waals surface area contributed by atoms with Crippen LogP contribution in [0.2, 0.25) is 0 Å². The second kappa shape index (κ2) is 8.56. The van der Waals surface area contributed by atoms with E-state index in [2.05, 4.69) is 14.7 Å². The smallest absolute Gasteiger partial charge is 0.227 e. The fourth-order valence-corrected chi connectivity index (χ4v) is 5.76. The Morgan fingerprint density at radius 1 is 0.714 bits per heavy atom. The van der Waals surface area contributed by atoms with E-state index in [0.29, 0.717) is 0 Å². The normalized spacial score (nSPS) is 24.6. The summed E-state index contributed by atoms with van der Waals surface area (Å²) in [5, 5.41) is 0. The van der Waals surface area contributed by atoms with E-state index in [0.717, 1.165) is 37.9 Å². The maximum absolute atomic E-state index is 5.19. The highest BCUT2D eigenvalue weighted by Crippen LogP contribution is 2.33. The van der Waals surface area contributed by atoms with Crippen molar-refractivity contribution < 1.29 is 0 Å². The Hall–Kier alpha value is -1.36. The van der Waals surface area contributed by atoms with Crippen molar-refractivity contribution in [3.8, 4) is 0 Å². The van der Waals surface area contributed by atoms with Crippen molar-refractivity contribution in [1.29, 1.82) is 0 Å². The van der Waals surface area contributed by atoms with E-state index in [1.165, 1.54) is 107 Å². The average Bonchev–Trinajstić information content (AvgIpc) is 3.29. The summed E-state index contributed by atoms with van der Waals surface area (Å²) in [6, 6.07) is 0. The number of hydrogen-bond donors (Lipinski definition) is 0. The van der Waals surface area contributed by atoms with Crippen LogP contribution in [0.15, 0.2) is 0 Å². The van der Waals surface area contributed by atoms with Gasteiger partial charge >= 0.3 is 0 Å². The van der Waals surface area contributed by atoms with Gasteiger partial charge < -0.3 is 9.80 Å². The molecule has 0 radical (unpaired) electrons. The van der Waals surface area contributed by atoms with Crippen LogP contribution in [-0.4, -0.2) is 54.1 Å². The minimum atomic E-state index is 0.916. The molecule has 5 nitrogen and oxygen atoms in total. The van der Waals surface area contributed by atoms with E-state index in [1.54, 1.807) is 0 Å². The third-order valence-electron chi connectivity index (χ3n) is 7.39. The lowest BCUT2D eigenvalue weighted by Gasteiger charge is -2.36. The first kappa shape index (κ1) is 18.7. The molecule has 3 aliphatic heterocycles. The molecule has 0 amide bonds. The third-order valence-corrected chi connectivity index (χ3v) is 7.39. The largest absolute Gasteiger partial charge is 0.356 e. The zero-order valence-electron chi connectivity index (χ0n) is 17.5. The minimum absolute atomic E-state index is 0.916. The van der Waals surface area contributed by atoms with Gasteiger partial charge in [-0.3, -0.25) is 4.90 Å². The molecule has 5 heteroatoms. The van der Waals surface area contributed by atoms with Gasteiger partial charge in [-0.1, -0.05) is 19.3 Å². The van der Waals surface area contributed by atoms with Crippen LogP contribution in [0.3, 0.4) is 0 Å². The van der Waals surface area contributed by atoms with Gasteiger partial charge in [0, 0.05) is 57.8 Å². The Bertz CT molecular complexity index is 657. The quantitative estimate of drug-likeness (QED) is 0.785. The van der Waals surface area contributed by atoms with Gasteiger partial charge in [0.2, 0.25) is 5.95 Å². The molecule has 4 aliphatic rings. The molecule has 4 heterocycles. The van der Waals surface area contributed by atoms with Crippen molar-refractivity contribution in [1.82, 2.24) is 14.9 Å². The number of aromatic nitrogens is 2. The predicted octanol–water partition coefficient (Wildman–Crippen LogP) is 4.01. The van der Waals surface area contributed by atoms with Crippen molar-refractivity contribution in [3.05, 3.63) is 11.3 Å². The number of hydrogen-bond acceptors (Lipinski definition) is 5. The molecule has 0 bridgehead atoms. The lowest BCUT2D eigenvalue weighted by atomic mass is 9.88. The van der Waals surface area contributed by atoms with Gasteiger partial charge in [-0.05, 0) is 50.9 Å². The first-order valence-corrected chi connectivity index (χ1v) is 12.0. The molecule has 1 saturated carbocycles. The van der Waals surface area contributed by atoms with Crippen LogP contribution in [0.5, 0.6) is 0 Å². The summed E-state index contributed by atoms with van der Waals surface area (Å²) >= 11 is 0. The standard InChI is InChI=1S/C23H37N5/c1-3-9-19(10-4-1)17-26-16-11-21-20(18-26)22(27-12-7-8-13-27)25-23(24-21)28-14-5-2-6-15-28/h19H,1-18H2. The maximum atomic E-state index is 5.19. The van der Waals surface area contributed by atoms with E-state index < -0.39 is 0 Å². The Kier molecular flexibility index (Phi) is 5.70. The third kappa shape index (κ3) is 4.00. The monoisotopic (exact) mass is 383 g/mol. The molecule has 154 valence electrons. The molecule has 1 aromatic heterocycles. The molecule has 1 aliphatic carbocycles. The number of nitrogens with zero attached hydrogens (tertiary/aromatic N) is 5. The van der Waals surface area contributed by atoms with Gasteiger partial charge in [0.15, 0.2) is 0 Å². The number of fused-ring (bicyclic) bond motifs is 1. The van der Waals surface area contributed by atoms with Gasteiger partial charge in [-0.2, -0.15) is 4.98 Å². The van der Waals surface area contributed by atoms with Crippen molar-refractivity contribution in [2.24, 2.45) is 5.92 Å². The molecular formula is C23H37N5. The summed E-state index contributed by atoms with van der Waals surface area (Å²) in [4.78, 5) is 18.0. The Morgan fingerprint density at radius 2 is 1.39 bits per heavy atom. The Balaban J connectivity index is 1.39. The topological polar surface area (TPSA) is 35.5 Å². The highest BCUT2D eigenvalue weighted by molar-refractivity contribution is 5.54. The van der Waals surface area contributed by atoms with E-state index in [4.69, 9.17) is 9.97 Å². The van der Waals surface area contributed by atoms with Crippen LogP contribution >= 0.6 is 0 Å². The SMILES string of the molecule is C1CCC(CN2CCc3nc(N4CCCCC4)nc(N4CCCC4)c3C2)CC1. The van der Waals surface area contributed by atoms with Crippen LogP contribution in [0.1, 0.15) is 75.5 Å². The van der Waals surface area contributed by atoms with Crippen LogP contribution in [0.25, 0.3) is 0 Å². The van der Waals surface area contributed by atoms with E-state index in [9.17, 15) is 0 Å². The van der Waals surface area contributed by atoms with E-state index in [-0.39, 0.29) is 0 Å². The second-order valence-electron chi connectivity index (χ2n) is 9.50. The number of rotatable bonds is 4. The fourth-order valence-electron chi connectivity index (χ4n) is 5.76. The molecule has 0 unspecified atom stereocenters. The molecule has 0 N–H and O–H groups in total. The maximum Gasteiger partial charge on any atom is 0.227 e. The highest BCUT2D eigenvalue weighted by atomic mass is 15.3. The molecular weight excluding hydrogens is 346 g/mol. The van der Waals surface area contributed by atoms with Crippen molar-refractivity contribution >= 4 is 11.8 Å². The first-order chi connectivity index (χ1) is 13.9. The molecule has 28 heavy (non-hydrogen) atoms. The molecule has 5 rings (SSSR count). The molecule has 0 atom stereocenters. The van der Waals surface area contributed by atoms with Crippen molar-refractivity contribution in [2.75, 3.05) is 49.1 Å². The summed E-state index contributed by atoms with van der Waals surface area (Å²) in [5.74, 6) is 3.21. The zero-order chi connectivity index (χ0) is 18.8. The second-order valence-corrected chi connectivity index (χ2v) is 9.50. The number of piperidine rings is 1. The summed E-state index contributed by atoms with van der Waals surface area (Å²) in [6.45, 7) is 8.14. The van der Waals surface area contributed by atoms with Crippen LogP contribution in [-0.2, 0) is 13.0 Å². The predicted molar refractivity (Wildman–Crippen MR) is 115 cm³/mol. The summed E-state index contributed by atoms with van der Waals surface area (Å²) in [6.07, 6.45) is 14.9. The Labute approximate surface area is 170 Å². The van der Waals surface area contributed by atoms with Gasteiger partial charge in [-0.15, -0.1) is 0 Å². The van der Waals surface area contributed by atoms with E-state index in [1.807, 2.05) is 0 Å². The van der Waals surface area contributed by atoms with Crippen LogP contribution < -0.4 is 9.80 Å². The summed E-state index contributed by atoms with van der Waals surface area (Å²) in [5.41, 5.74) is 2.79. The summed E-state index contributed by atoms with van der Waals surface area (Å²) < 4.78 is 0. The molecule has 2 saturated heterocycles.